The maximum atomic E-state index is 12.4. The van der Waals surface area contributed by atoms with Gasteiger partial charge in [-0.3, -0.25) is 9.69 Å². The Hall–Kier alpha value is -2.59. The summed E-state index contributed by atoms with van der Waals surface area (Å²) >= 11 is 1.51. The molecule has 0 saturated carbocycles. The molecule has 3 aromatic rings. The van der Waals surface area contributed by atoms with Gasteiger partial charge in [0.05, 0.1) is 17.0 Å². The number of carbonyl (C=O) groups is 1. The van der Waals surface area contributed by atoms with Gasteiger partial charge < -0.3 is 5.32 Å². The number of thiazole rings is 1. The summed E-state index contributed by atoms with van der Waals surface area (Å²) in [5, 5.41) is 8.56. The number of amides is 1. The first-order valence-corrected chi connectivity index (χ1v) is 11.9. The van der Waals surface area contributed by atoms with Crippen LogP contribution in [0.15, 0.2) is 59.5 Å². The molecule has 7 nitrogen and oxygen atoms in total. The van der Waals surface area contributed by atoms with Crippen molar-refractivity contribution in [2.45, 2.75) is 30.8 Å². The predicted molar refractivity (Wildman–Crippen MR) is 117 cm³/mol. The normalized spacial score (nSPS) is 14.3. The van der Waals surface area contributed by atoms with Crippen molar-refractivity contribution in [3.63, 3.8) is 0 Å². The van der Waals surface area contributed by atoms with Crippen LogP contribution >= 0.6 is 11.3 Å². The Balaban J connectivity index is 1.35. The largest absolute Gasteiger partial charge is 0.302 e. The molecule has 0 atom stereocenters. The molecule has 9 heteroatoms. The smallest absolute Gasteiger partial charge is 0.238 e. The predicted octanol–water partition coefficient (Wildman–Crippen LogP) is 2.53. The van der Waals surface area contributed by atoms with Crippen molar-refractivity contribution in [3.8, 4) is 0 Å². The first-order valence-electron chi connectivity index (χ1n) is 9.53. The molecule has 3 N–H and O–H groups in total. The molecule has 156 valence electrons. The molecule has 0 spiro atoms. The minimum Gasteiger partial charge on any atom is -0.302 e. The molecule has 1 amide bonds. The zero-order chi connectivity index (χ0) is 21.1. The number of sulfonamides is 1. The summed E-state index contributed by atoms with van der Waals surface area (Å²) in [5.41, 5.74) is 3.04. The average Bonchev–Trinajstić information content (AvgIpc) is 3.09. The van der Waals surface area contributed by atoms with E-state index in [0.29, 0.717) is 10.7 Å². The van der Waals surface area contributed by atoms with Gasteiger partial charge in [0.1, 0.15) is 0 Å². The van der Waals surface area contributed by atoms with Crippen LogP contribution in [0.25, 0.3) is 0 Å². The maximum absolute atomic E-state index is 12.4. The van der Waals surface area contributed by atoms with Crippen LogP contribution < -0.4 is 10.5 Å². The lowest BCUT2D eigenvalue weighted by atomic mass is 10.1. The molecule has 4 rings (SSSR count). The van der Waals surface area contributed by atoms with E-state index in [9.17, 15) is 13.2 Å². The Bertz CT molecular complexity index is 1140. The van der Waals surface area contributed by atoms with Gasteiger partial charge in [-0.05, 0) is 23.3 Å². The SMILES string of the molecule is NS(=O)(=O)c1ccc(CC(=O)Nc2nc3c(s2)CN(Cc2ccccc2)CC3)cc1. The minimum absolute atomic E-state index is 0.0271. The van der Waals surface area contributed by atoms with Gasteiger partial charge in [0.2, 0.25) is 15.9 Å². The van der Waals surface area contributed by atoms with Crippen LogP contribution in [-0.2, 0) is 40.7 Å². The van der Waals surface area contributed by atoms with Crippen LogP contribution in [0, 0.1) is 0 Å². The highest BCUT2D eigenvalue weighted by Gasteiger charge is 2.21. The van der Waals surface area contributed by atoms with Crippen molar-refractivity contribution in [1.29, 1.82) is 0 Å². The third-order valence-corrected chi connectivity index (χ3v) is 6.85. The lowest BCUT2D eigenvalue weighted by Crippen LogP contribution is -2.29. The second-order valence-corrected chi connectivity index (χ2v) is 9.89. The van der Waals surface area contributed by atoms with Crippen molar-refractivity contribution >= 4 is 32.4 Å². The van der Waals surface area contributed by atoms with E-state index in [1.54, 1.807) is 12.1 Å². The summed E-state index contributed by atoms with van der Waals surface area (Å²) in [5.74, 6) is -0.189. The summed E-state index contributed by atoms with van der Waals surface area (Å²) in [6, 6.07) is 16.4. The van der Waals surface area contributed by atoms with Gasteiger partial charge in [-0.1, -0.05) is 42.5 Å². The van der Waals surface area contributed by atoms with Crippen molar-refractivity contribution in [1.82, 2.24) is 9.88 Å². The molecular formula is C21H22N4O3S2. The topological polar surface area (TPSA) is 105 Å². The van der Waals surface area contributed by atoms with Gasteiger partial charge in [0.15, 0.2) is 5.13 Å². The van der Waals surface area contributed by atoms with Crippen molar-refractivity contribution < 1.29 is 13.2 Å². The highest BCUT2D eigenvalue weighted by molar-refractivity contribution is 7.89. The summed E-state index contributed by atoms with van der Waals surface area (Å²) in [7, 11) is -3.74. The van der Waals surface area contributed by atoms with E-state index >= 15 is 0 Å². The average molecular weight is 443 g/mol. The second kappa shape index (κ2) is 8.65. The van der Waals surface area contributed by atoms with Gasteiger partial charge in [-0.25, -0.2) is 18.5 Å². The van der Waals surface area contributed by atoms with Crippen LogP contribution in [0.2, 0.25) is 0 Å². The molecule has 30 heavy (non-hydrogen) atoms. The molecule has 2 aromatic carbocycles. The summed E-state index contributed by atoms with van der Waals surface area (Å²) < 4.78 is 22.6. The molecule has 2 heterocycles. The Morgan fingerprint density at radius 3 is 2.53 bits per heavy atom. The van der Waals surface area contributed by atoms with Crippen LogP contribution in [0.1, 0.15) is 21.7 Å². The summed E-state index contributed by atoms with van der Waals surface area (Å²) in [6.45, 7) is 2.66. The highest BCUT2D eigenvalue weighted by atomic mass is 32.2. The highest BCUT2D eigenvalue weighted by Crippen LogP contribution is 2.29. The second-order valence-electron chi connectivity index (χ2n) is 7.25. The third kappa shape index (κ3) is 5.11. The standard InChI is InChI=1S/C21H22N4O3S2/c22-30(27,28)17-8-6-15(7-9-17)12-20(26)24-21-23-18-10-11-25(14-19(18)29-21)13-16-4-2-1-3-5-16/h1-9H,10-14H2,(H2,22,27,28)(H,23,24,26). The number of nitrogens with one attached hydrogen (secondary N) is 1. The molecule has 0 saturated heterocycles. The molecule has 0 aliphatic carbocycles. The quantitative estimate of drug-likeness (QED) is 0.610. The van der Waals surface area contributed by atoms with E-state index in [1.165, 1.54) is 33.9 Å². The number of hydrogen-bond donors (Lipinski definition) is 2. The number of nitrogens with two attached hydrogens (primary N) is 1. The van der Waals surface area contributed by atoms with E-state index in [0.717, 1.165) is 31.7 Å². The molecule has 0 fully saturated rings. The Morgan fingerprint density at radius 1 is 1.10 bits per heavy atom. The minimum atomic E-state index is -3.74. The zero-order valence-electron chi connectivity index (χ0n) is 16.2. The third-order valence-electron chi connectivity index (χ3n) is 4.92. The van der Waals surface area contributed by atoms with Crippen molar-refractivity contribution in [2.24, 2.45) is 5.14 Å². The lowest BCUT2D eigenvalue weighted by molar-refractivity contribution is -0.115. The number of anilines is 1. The van der Waals surface area contributed by atoms with Crippen LogP contribution in [-0.4, -0.2) is 30.8 Å². The first-order chi connectivity index (χ1) is 14.4. The fourth-order valence-electron chi connectivity index (χ4n) is 3.42. The number of rotatable bonds is 6. The van der Waals surface area contributed by atoms with E-state index < -0.39 is 10.0 Å². The molecule has 0 bridgehead atoms. The fourth-order valence-corrected chi connectivity index (χ4v) is 5.01. The van der Waals surface area contributed by atoms with Crippen LogP contribution in [0.3, 0.4) is 0 Å². The molecule has 1 aliphatic heterocycles. The Morgan fingerprint density at radius 2 is 1.83 bits per heavy atom. The first kappa shape index (κ1) is 20.7. The molecular weight excluding hydrogens is 420 g/mol. The van der Waals surface area contributed by atoms with Gasteiger partial charge >= 0.3 is 0 Å². The van der Waals surface area contributed by atoms with Gasteiger partial charge in [0, 0.05) is 30.9 Å². The van der Waals surface area contributed by atoms with Gasteiger partial charge in [-0.2, -0.15) is 0 Å². The van der Waals surface area contributed by atoms with Crippen LogP contribution in [0.4, 0.5) is 5.13 Å². The maximum Gasteiger partial charge on any atom is 0.238 e. The monoisotopic (exact) mass is 442 g/mol. The molecule has 0 radical (unpaired) electrons. The van der Waals surface area contributed by atoms with E-state index in [1.807, 2.05) is 18.2 Å². The summed E-state index contributed by atoms with van der Waals surface area (Å²) in [4.78, 5) is 20.6. The molecule has 1 aliphatic rings. The zero-order valence-corrected chi connectivity index (χ0v) is 17.9. The van der Waals surface area contributed by atoms with Crippen molar-refractivity contribution in [2.75, 3.05) is 11.9 Å². The Kier molecular flexibility index (Phi) is 5.96. The number of benzene rings is 2. The number of carbonyl (C=O) groups excluding carboxylic acids is 1. The molecule has 1 aromatic heterocycles. The lowest BCUT2D eigenvalue weighted by Gasteiger charge is -2.25. The number of fused-ring (bicyclic) bond motifs is 1. The van der Waals surface area contributed by atoms with E-state index in [-0.39, 0.29) is 17.2 Å². The summed E-state index contributed by atoms with van der Waals surface area (Å²) in [6.07, 6.45) is 0.999. The van der Waals surface area contributed by atoms with Crippen molar-refractivity contribution in [3.05, 3.63) is 76.3 Å². The van der Waals surface area contributed by atoms with E-state index in [2.05, 4.69) is 27.3 Å². The Labute approximate surface area is 179 Å². The number of hydrogen-bond acceptors (Lipinski definition) is 6. The van der Waals surface area contributed by atoms with Gasteiger partial charge in [0.25, 0.3) is 0 Å². The fraction of sp³-hybridized carbons (Fsp3) is 0.238. The number of aromatic nitrogens is 1. The van der Waals surface area contributed by atoms with Crippen LogP contribution in [0.5, 0.6) is 0 Å². The van der Waals surface area contributed by atoms with Gasteiger partial charge in [-0.15, -0.1) is 11.3 Å². The van der Waals surface area contributed by atoms with E-state index in [4.69, 9.17) is 5.14 Å². The molecule has 0 unspecified atom stereocenters. The number of nitrogens with zero attached hydrogens (tertiary/aromatic N) is 2. The number of primary sulfonamides is 1.